The van der Waals surface area contributed by atoms with Crippen LogP contribution in [0.4, 0.5) is 0 Å². The molecule has 6 nitrogen and oxygen atoms in total. The first-order valence-electron chi connectivity index (χ1n) is 8.28. The topological polar surface area (TPSA) is 85.8 Å². The van der Waals surface area contributed by atoms with Crippen molar-refractivity contribution in [2.45, 2.75) is 38.9 Å². The van der Waals surface area contributed by atoms with Crippen molar-refractivity contribution in [2.24, 2.45) is 5.73 Å². The molecule has 1 aromatic heterocycles. The number of esters is 1. The summed E-state index contributed by atoms with van der Waals surface area (Å²) in [6.45, 7) is 3.21. The number of furan rings is 1. The molecular formula is C19H22N2O4. The van der Waals surface area contributed by atoms with Gasteiger partial charge in [0.15, 0.2) is 0 Å². The van der Waals surface area contributed by atoms with Crippen LogP contribution in [0.3, 0.4) is 0 Å². The fourth-order valence-corrected chi connectivity index (χ4v) is 2.88. The van der Waals surface area contributed by atoms with Crippen LogP contribution in [0.1, 0.15) is 50.6 Å². The summed E-state index contributed by atoms with van der Waals surface area (Å²) < 4.78 is 10.4. The number of hydrogen-bond acceptors (Lipinski definition) is 5. The summed E-state index contributed by atoms with van der Waals surface area (Å²) >= 11 is 0. The predicted molar refractivity (Wildman–Crippen MR) is 92.0 cm³/mol. The van der Waals surface area contributed by atoms with E-state index in [4.69, 9.17) is 14.9 Å². The van der Waals surface area contributed by atoms with E-state index in [0.29, 0.717) is 18.2 Å². The van der Waals surface area contributed by atoms with E-state index < -0.39 is 11.9 Å². The van der Waals surface area contributed by atoms with Gasteiger partial charge in [-0.3, -0.25) is 9.69 Å². The zero-order valence-electron chi connectivity index (χ0n) is 14.5. The Balaban J connectivity index is 1.72. The summed E-state index contributed by atoms with van der Waals surface area (Å²) in [5.74, 6) is 0.133. The number of carbonyl (C=O) groups is 2. The van der Waals surface area contributed by atoms with Crippen molar-refractivity contribution in [3.63, 3.8) is 0 Å². The van der Waals surface area contributed by atoms with E-state index in [1.165, 1.54) is 7.11 Å². The number of ether oxygens (including phenoxy) is 1. The lowest BCUT2D eigenvalue weighted by Crippen LogP contribution is -2.25. The van der Waals surface area contributed by atoms with E-state index in [1.807, 2.05) is 25.1 Å². The van der Waals surface area contributed by atoms with Gasteiger partial charge in [-0.15, -0.1) is 0 Å². The summed E-state index contributed by atoms with van der Waals surface area (Å²) in [4.78, 5) is 25.2. The number of aryl methyl sites for hydroxylation is 1. The molecular weight excluding hydrogens is 320 g/mol. The maximum absolute atomic E-state index is 11.7. The Hall–Kier alpha value is -2.60. The summed E-state index contributed by atoms with van der Waals surface area (Å²) in [7, 11) is 1.34. The van der Waals surface area contributed by atoms with Crippen molar-refractivity contribution in [3.8, 4) is 0 Å². The van der Waals surface area contributed by atoms with Crippen molar-refractivity contribution in [3.05, 3.63) is 58.5 Å². The number of amides is 1. The Kier molecular flexibility index (Phi) is 4.90. The van der Waals surface area contributed by atoms with Gasteiger partial charge in [0.05, 0.1) is 13.7 Å². The maximum Gasteiger partial charge on any atom is 0.374 e. The van der Waals surface area contributed by atoms with Gasteiger partial charge in [0.2, 0.25) is 11.7 Å². The molecule has 132 valence electrons. The third-order valence-corrected chi connectivity index (χ3v) is 4.39. The SMILES string of the molecule is COC(=O)c1oc(CN(Cc2ccc(C(N)=O)cc2)C2CC2)cc1C. The molecule has 1 fully saturated rings. The number of nitrogens with zero attached hydrogens (tertiary/aromatic N) is 1. The molecule has 1 aromatic carbocycles. The van der Waals surface area contributed by atoms with Crippen LogP contribution in [-0.2, 0) is 17.8 Å². The Morgan fingerprint density at radius 3 is 2.48 bits per heavy atom. The molecule has 25 heavy (non-hydrogen) atoms. The predicted octanol–water partition coefficient (Wildman–Crippen LogP) is 2.64. The first-order chi connectivity index (χ1) is 12.0. The molecule has 1 aliphatic carbocycles. The second-order valence-electron chi connectivity index (χ2n) is 6.41. The van der Waals surface area contributed by atoms with Crippen LogP contribution in [0.2, 0.25) is 0 Å². The van der Waals surface area contributed by atoms with Gasteiger partial charge in [-0.1, -0.05) is 12.1 Å². The van der Waals surface area contributed by atoms with Crippen LogP contribution in [0.15, 0.2) is 34.7 Å². The van der Waals surface area contributed by atoms with E-state index in [1.54, 1.807) is 12.1 Å². The molecule has 6 heteroatoms. The Morgan fingerprint density at radius 1 is 1.24 bits per heavy atom. The van der Waals surface area contributed by atoms with E-state index >= 15 is 0 Å². The normalized spacial score (nSPS) is 13.9. The van der Waals surface area contributed by atoms with Crippen molar-refractivity contribution < 1.29 is 18.7 Å². The number of benzene rings is 1. The van der Waals surface area contributed by atoms with Crippen molar-refractivity contribution in [2.75, 3.05) is 7.11 Å². The zero-order valence-corrected chi connectivity index (χ0v) is 14.5. The van der Waals surface area contributed by atoms with Crippen molar-refractivity contribution >= 4 is 11.9 Å². The summed E-state index contributed by atoms with van der Waals surface area (Å²) in [5, 5.41) is 0. The standard InChI is InChI=1S/C19H22N2O4/c1-12-9-16(25-17(12)19(23)24-2)11-21(15-7-8-15)10-13-3-5-14(6-4-13)18(20)22/h3-6,9,15H,7-8,10-11H2,1-2H3,(H2,20,22). The Morgan fingerprint density at radius 2 is 1.92 bits per heavy atom. The third kappa shape index (κ3) is 4.09. The van der Waals surface area contributed by atoms with Gasteiger partial charge in [-0.05, 0) is 43.5 Å². The Bertz CT molecular complexity index is 775. The van der Waals surface area contributed by atoms with Gasteiger partial charge in [-0.25, -0.2) is 4.79 Å². The molecule has 3 rings (SSSR count). The zero-order chi connectivity index (χ0) is 18.0. The summed E-state index contributed by atoms with van der Waals surface area (Å²) in [5.41, 5.74) is 7.67. The lowest BCUT2D eigenvalue weighted by atomic mass is 10.1. The average Bonchev–Trinajstić information content (AvgIpc) is 3.38. The van der Waals surface area contributed by atoms with E-state index in [9.17, 15) is 9.59 Å². The highest BCUT2D eigenvalue weighted by atomic mass is 16.5. The van der Waals surface area contributed by atoms with Crippen LogP contribution in [0.5, 0.6) is 0 Å². The number of hydrogen-bond donors (Lipinski definition) is 1. The van der Waals surface area contributed by atoms with E-state index in [0.717, 1.165) is 36.3 Å². The van der Waals surface area contributed by atoms with Gasteiger partial charge in [-0.2, -0.15) is 0 Å². The highest BCUT2D eigenvalue weighted by molar-refractivity contribution is 5.92. The average molecular weight is 342 g/mol. The minimum Gasteiger partial charge on any atom is -0.463 e. The molecule has 0 spiro atoms. The molecule has 0 bridgehead atoms. The largest absolute Gasteiger partial charge is 0.463 e. The Labute approximate surface area is 146 Å². The fraction of sp³-hybridized carbons (Fsp3) is 0.368. The van der Waals surface area contributed by atoms with E-state index in [2.05, 4.69) is 4.90 Å². The molecule has 0 saturated heterocycles. The lowest BCUT2D eigenvalue weighted by molar-refractivity contribution is 0.0559. The van der Waals surface area contributed by atoms with Crippen LogP contribution < -0.4 is 5.73 Å². The van der Waals surface area contributed by atoms with Crippen LogP contribution >= 0.6 is 0 Å². The van der Waals surface area contributed by atoms with Crippen LogP contribution in [-0.4, -0.2) is 29.9 Å². The molecule has 0 radical (unpaired) electrons. The maximum atomic E-state index is 11.7. The first kappa shape index (κ1) is 17.2. The van der Waals surface area contributed by atoms with Gasteiger partial charge in [0, 0.05) is 23.7 Å². The third-order valence-electron chi connectivity index (χ3n) is 4.39. The molecule has 2 N–H and O–H groups in total. The van der Waals surface area contributed by atoms with Crippen molar-refractivity contribution in [1.29, 1.82) is 0 Å². The van der Waals surface area contributed by atoms with Gasteiger partial charge < -0.3 is 14.9 Å². The van der Waals surface area contributed by atoms with Gasteiger partial charge in [0.25, 0.3) is 0 Å². The minimum atomic E-state index is -0.455. The fourth-order valence-electron chi connectivity index (χ4n) is 2.88. The summed E-state index contributed by atoms with van der Waals surface area (Å²) in [6.07, 6.45) is 2.31. The summed E-state index contributed by atoms with van der Waals surface area (Å²) in [6, 6.07) is 9.73. The molecule has 1 heterocycles. The number of nitrogens with two attached hydrogens (primary N) is 1. The second-order valence-corrected chi connectivity index (χ2v) is 6.41. The van der Waals surface area contributed by atoms with Crippen LogP contribution in [0, 0.1) is 6.92 Å². The van der Waals surface area contributed by atoms with Crippen LogP contribution in [0.25, 0.3) is 0 Å². The van der Waals surface area contributed by atoms with E-state index in [-0.39, 0.29) is 5.76 Å². The molecule has 1 amide bonds. The van der Waals surface area contributed by atoms with Gasteiger partial charge in [0.1, 0.15) is 5.76 Å². The van der Waals surface area contributed by atoms with Gasteiger partial charge >= 0.3 is 5.97 Å². The van der Waals surface area contributed by atoms with Crippen molar-refractivity contribution in [1.82, 2.24) is 4.90 Å². The first-order valence-corrected chi connectivity index (χ1v) is 8.28. The molecule has 1 aliphatic rings. The molecule has 0 aliphatic heterocycles. The smallest absolute Gasteiger partial charge is 0.374 e. The quantitative estimate of drug-likeness (QED) is 0.782. The highest BCUT2D eigenvalue weighted by Gasteiger charge is 2.30. The number of carbonyl (C=O) groups excluding carboxylic acids is 2. The molecule has 0 atom stereocenters. The minimum absolute atomic E-state index is 0.263. The number of rotatable bonds is 7. The second kappa shape index (κ2) is 7.11. The molecule has 0 unspecified atom stereocenters. The molecule has 2 aromatic rings. The highest BCUT2D eigenvalue weighted by Crippen LogP contribution is 2.30. The molecule has 1 saturated carbocycles. The lowest BCUT2D eigenvalue weighted by Gasteiger charge is -2.21. The number of primary amides is 1. The monoisotopic (exact) mass is 342 g/mol. The number of methoxy groups -OCH3 is 1.